The van der Waals surface area contributed by atoms with E-state index in [-0.39, 0.29) is 11.4 Å². The number of nitrogens with zero attached hydrogens (tertiary/aromatic N) is 1. The lowest BCUT2D eigenvalue weighted by Gasteiger charge is -2.38. The van der Waals surface area contributed by atoms with Crippen LogP contribution in [0.2, 0.25) is 0 Å². The van der Waals surface area contributed by atoms with E-state index in [4.69, 9.17) is 4.74 Å². The van der Waals surface area contributed by atoms with Gasteiger partial charge in [-0.15, -0.1) is 0 Å². The summed E-state index contributed by atoms with van der Waals surface area (Å²) < 4.78 is 5.42. The van der Waals surface area contributed by atoms with Crippen LogP contribution in [-0.2, 0) is 9.53 Å². The third-order valence-electron chi connectivity index (χ3n) is 3.86. The van der Waals surface area contributed by atoms with Gasteiger partial charge in [-0.2, -0.15) is 0 Å². The molecule has 0 bridgehead atoms. The molecule has 0 aromatic carbocycles. The Balaban J connectivity index is 1.88. The van der Waals surface area contributed by atoms with E-state index in [2.05, 4.69) is 5.32 Å². The van der Waals surface area contributed by atoms with Crippen LogP contribution >= 0.6 is 0 Å². The lowest BCUT2D eigenvalue weighted by Crippen LogP contribution is -2.53. The van der Waals surface area contributed by atoms with E-state index in [0.717, 1.165) is 32.6 Å². The smallest absolute Gasteiger partial charge is 0.244 e. The van der Waals surface area contributed by atoms with Gasteiger partial charge in [0.15, 0.2) is 0 Å². The number of carbonyl (C=O) groups excluding carboxylic acids is 1. The van der Waals surface area contributed by atoms with Gasteiger partial charge in [0.2, 0.25) is 5.91 Å². The van der Waals surface area contributed by atoms with Crippen LogP contribution in [0.25, 0.3) is 0 Å². The minimum atomic E-state index is 0.0117. The molecule has 1 aliphatic heterocycles. The van der Waals surface area contributed by atoms with Crippen LogP contribution in [0, 0.1) is 5.92 Å². The molecule has 1 aliphatic carbocycles. The van der Waals surface area contributed by atoms with E-state index in [0.29, 0.717) is 5.92 Å². The zero-order chi connectivity index (χ0) is 13.0. The van der Waals surface area contributed by atoms with Crippen molar-refractivity contribution in [3.63, 3.8) is 0 Å². The largest absolute Gasteiger partial charge is 0.381 e. The predicted molar refractivity (Wildman–Crippen MR) is 71.3 cm³/mol. The first-order chi connectivity index (χ1) is 8.62. The van der Waals surface area contributed by atoms with Gasteiger partial charge in [-0.25, -0.2) is 0 Å². The molecule has 0 aromatic rings. The van der Waals surface area contributed by atoms with Gasteiger partial charge in [0.05, 0.1) is 0 Å². The Morgan fingerprint density at radius 3 is 2.61 bits per heavy atom. The van der Waals surface area contributed by atoms with Gasteiger partial charge in [0, 0.05) is 31.4 Å². The van der Waals surface area contributed by atoms with E-state index in [1.54, 1.807) is 6.08 Å². The van der Waals surface area contributed by atoms with Crippen LogP contribution in [0.15, 0.2) is 12.2 Å². The summed E-state index contributed by atoms with van der Waals surface area (Å²) >= 11 is 0. The molecule has 102 valence electrons. The van der Waals surface area contributed by atoms with Crippen molar-refractivity contribution in [3.05, 3.63) is 12.2 Å². The molecule has 0 radical (unpaired) electrons. The maximum Gasteiger partial charge on any atom is 0.244 e. The fraction of sp³-hybridized carbons (Fsp3) is 0.786. The quantitative estimate of drug-likeness (QED) is 0.747. The van der Waals surface area contributed by atoms with Crippen LogP contribution < -0.4 is 5.32 Å². The molecule has 0 atom stereocenters. The normalized spacial score (nSPS) is 23.5. The SMILES string of the molecule is CN(C)C/C=C/C(=O)NC1(C2CC2)CCOCC1. The lowest BCUT2D eigenvalue weighted by molar-refractivity contribution is -0.120. The van der Waals surface area contributed by atoms with Gasteiger partial charge < -0.3 is 15.0 Å². The van der Waals surface area contributed by atoms with E-state index >= 15 is 0 Å². The van der Waals surface area contributed by atoms with Crippen molar-refractivity contribution in [2.75, 3.05) is 33.9 Å². The molecule has 4 heteroatoms. The topological polar surface area (TPSA) is 41.6 Å². The second kappa shape index (κ2) is 5.85. The third-order valence-corrected chi connectivity index (χ3v) is 3.86. The number of hydrogen-bond acceptors (Lipinski definition) is 3. The zero-order valence-corrected chi connectivity index (χ0v) is 11.4. The number of carbonyl (C=O) groups is 1. The van der Waals surface area contributed by atoms with Gasteiger partial charge in [0.1, 0.15) is 0 Å². The van der Waals surface area contributed by atoms with E-state index in [1.165, 1.54) is 12.8 Å². The summed E-state index contributed by atoms with van der Waals surface area (Å²) in [5.74, 6) is 0.721. The van der Waals surface area contributed by atoms with Crippen molar-refractivity contribution in [2.45, 2.75) is 31.2 Å². The number of amides is 1. The minimum Gasteiger partial charge on any atom is -0.381 e. The first kappa shape index (κ1) is 13.6. The number of rotatable bonds is 5. The van der Waals surface area contributed by atoms with Gasteiger partial charge in [-0.05, 0) is 45.7 Å². The van der Waals surface area contributed by atoms with Gasteiger partial charge in [-0.1, -0.05) is 6.08 Å². The molecule has 0 spiro atoms. The molecule has 2 aliphatic rings. The van der Waals surface area contributed by atoms with Crippen LogP contribution in [-0.4, -0.2) is 50.2 Å². The molecule has 4 nitrogen and oxygen atoms in total. The van der Waals surface area contributed by atoms with E-state index < -0.39 is 0 Å². The van der Waals surface area contributed by atoms with Gasteiger partial charge in [-0.3, -0.25) is 4.79 Å². The molecule has 2 rings (SSSR count). The fourth-order valence-corrected chi connectivity index (χ4v) is 2.66. The molecule has 1 N–H and O–H groups in total. The van der Waals surface area contributed by atoms with Gasteiger partial charge >= 0.3 is 0 Å². The highest BCUT2D eigenvalue weighted by molar-refractivity contribution is 5.88. The Morgan fingerprint density at radius 2 is 2.06 bits per heavy atom. The summed E-state index contributed by atoms with van der Waals surface area (Å²) in [6.45, 7) is 2.35. The second-order valence-corrected chi connectivity index (χ2v) is 5.70. The summed E-state index contributed by atoms with van der Waals surface area (Å²) in [5.41, 5.74) is 0.0117. The minimum absolute atomic E-state index is 0.0117. The molecule has 0 aromatic heterocycles. The first-order valence-corrected chi connectivity index (χ1v) is 6.83. The highest BCUT2D eigenvalue weighted by Crippen LogP contribution is 2.44. The monoisotopic (exact) mass is 252 g/mol. The summed E-state index contributed by atoms with van der Waals surface area (Å²) in [5, 5.41) is 3.24. The zero-order valence-electron chi connectivity index (χ0n) is 11.4. The molecule has 1 heterocycles. The van der Waals surface area contributed by atoms with Crippen LogP contribution in [0.1, 0.15) is 25.7 Å². The Morgan fingerprint density at radius 1 is 1.39 bits per heavy atom. The molecular weight excluding hydrogens is 228 g/mol. The molecule has 0 unspecified atom stereocenters. The lowest BCUT2D eigenvalue weighted by atomic mass is 9.85. The Bertz CT molecular complexity index is 316. The highest BCUT2D eigenvalue weighted by atomic mass is 16.5. The van der Waals surface area contributed by atoms with Crippen molar-refractivity contribution < 1.29 is 9.53 Å². The van der Waals surface area contributed by atoms with Crippen molar-refractivity contribution in [2.24, 2.45) is 5.92 Å². The first-order valence-electron chi connectivity index (χ1n) is 6.83. The maximum atomic E-state index is 12.0. The van der Waals surface area contributed by atoms with Gasteiger partial charge in [0.25, 0.3) is 0 Å². The molecular formula is C14H24N2O2. The second-order valence-electron chi connectivity index (χ2n) is 5.70. The molecule has 1 saturated carbocycles. The summed E-state index contributed by atoms with van der Waals surface area (Å²) in [6, 6.07) is 0. The van der Waals surface area contributed by atoms with E-state index in [9.17, 15) is 4.79 Å². The average molecular weight is 252 g/mol. The molecule has 18 heavy (non-hydrogen) atoms. The number of hydrogen-bond donors (Lipinski definition) is 1. The Kier molecular flexibility index (Phi) is 4.40. The fourth-order valence-electron chi connectivity index (χ4n) is 2.66. The Labute approximate surface area is 109 Å². The van der Waals surface area contributed by atoms with Crippen molar-refractivity contribution in [3.8, 4) is 0 Å². The summed E-state index contributed by atoms with van der Waals surface area (Å²) in [7, 11) is 3.98. The number of nitrogens with one attached hydrogen (secondary N) is 1. The predicted octanol–water partition coefficient (Wildman–Crippen LogP) is 1.18. The maximum absolute atomic E-state index is 12.0. The van der Waals surface area contributed by atoms with Crippen LogP contribution in [0.3, 0.4) is 0 Å². The van der Waals surface area contributed by atoms with Crippen molar-refractivity contribution in [1.82, 2.24) is 10.2 Å². The molecule has 1 saturated heterocycles. The van der Waals surface area contributed by atoms with Crippen molar-refractivity contribution >= 4 is 5.91 Å². The van der Waals surface area contributed by atoms with Crippen molar-refractivity contribution in [1.29, 1.82) is 0 Å². The van der Waals surface area contributed by atoms with E-state index in [1.807, 2.05) is 25.1 Å². The Hall–Kier alpha value is -0.870. The highest BCUT2D eigenvalue weighted by Gasteiger charge is 2.46. The third kappa shape index (κ3) is 3.56. The number of ether oxygens (including phenoxy) is 1. The molecule has 2 fully saturated rings. The molecule has 1 amide bonds. The van der Waals surface area contributed by atoms with Crippen LogP contribution in [0.4, 0.5) is 0 Å². The summed E-state index contributed by atoms with van der Waals surface area (Å²) in [6.07, 6.45) is 8.01. The average Bonchev–Trinajstić information content (AvgIpc) is 3.13. The standard InChI is InChI=1S/C14H24N2O2/c1-16(2)9-3-4-13(17)15-14(12-5-6-12)7-10-18-11-8-14/h3-4,12H,5-11H2,1-2H3,(H,15,17)/b4-3+. The summed E-state index contributed by atoms with van der Waals surface area (Å²) in [4.78, 5) is 14.0. The number of likely N-dealkylation sites (N-methyl/N-ethyl adjacent to an activating group) is 1. The van der Waals surface area contributed by atoms with Crippen LogP contribution in [0.5, 0.6) is 0 Å².